The van der Waals surface area contributed by atoms with Gasteiger partial charge in [-0.3, -0.25) is 4.68 Å². The lowest BCUT2D eigenvalue weighted by Gasteiger charge is -2.22. The van der Waals surface area contributed by atoms with E-state index in [0.29, 0.717) is 13.2 Å². The van der Waals surface area contributed by atoms with Crippen molar-refractivity contribution in [3.05, 3.63) is 41.7 Å². The molecule has 1 N–H and O–H groups in total. The van der Waals surface area contributed by atoms with E-state index in [0.717, 1.165) is 29.2 Å². The van der Waals surface area contributed by atoms with Gasteiger partial charge in [-0.25, -0.2) is 0 Å². The van der Waals surface area contributed by atoms with Crippen LogP contribution in [0.5, 0.6) is 11.5 Å². The van der Waals surface area contributed by atoms with Gasteiger partial charge in [0.2, 0.25) is 0 Å². The molecule has 0 saturated carbocycles. The van der Waals surface area contributed by atoms with Gasteiger partial charge < -0.3 is 14.8 Å². The number of aryl methyl sites for hydroxylation is 1. The Morgan fingerprint density at radius 3 is 2.75 bits per heavy atom. The molecule has 0 spiro atoms. The molecular weight excluding hydrogens is 254 g/mol. The first-order valence-electron chi connectivity index (χ1n) is 6.89. The second-order valence-corrected chi connectivity index (χ2v) is 4.84. The molecule has 1 aliphatic rings. The highest BCUT2D eigenvalue weighted by atomic mass is 16.6. The molecule has 0 saturated heterocycles. The Morgan fingerprint density at radius 2 is 2.05 bits per heavy atom. The molecule has 1 aromatic carbocycles. The number of nitrogens with zero attached hydrogens (tertiary/aromatic N) is 2. The first-order valence-corrected chi connectivity index (χ1v) is 6.89. The van der Waals surface area contributed by atoms with Crippen LogP contribution in [0, 0.1) is 0 Å². The van der Waals surface area contributed by atoms with Crippen LogP contribution in [0.25, 0.3) is 0 Å². The molecule has 1 unspecified atom stereocenters. The summed E-state index contributed by atoms with van der Waals surface area (Å²) in [4.78, 5) is 0. The lowest BCUT2D eigenvalue weighted by Crippen LogP contribution is -2.22. The maximum Gasteiger partial charge on any atom is 0.161 e. The van der Waals surface area contributed by atoms with Gasteiger partial charge in [-0.2, -0.15) is 5.10 Å². The van der Waals surface area contributed by atoms with Crippen molar-refractivity contribution in [3.8, 4) is 11.5 Å². The van der Waals surface area contributed by atoms with E-state index in [1.165, 1.54) is 0 Å². The summed E-state index contributed by atoms with van der Waals surface area (Å²) in [6, 6.07) is 6.22. The molecule has 1 atom stereocenters. The molecule has 0 aliphatic carbocycles. The summed E-state index contributed by atoms with van der Waals surface area (Å²) >= 11 is 0. The molecule has 20 heavy (non-hydrogen) atoms. The van der Waals surface area contributed by atoms with Gasteiger partial charge in [0, 0.05) is 18.8 Å². The normalized spacial score (nSPS) is 15.1. The van der Waals surface area contributed by atoms with Gasteiger partial charge in [0.1, 0.15) is 13.2 Å². The lowest BCUT2D eigenvalue weighted by molar-refractivity contribution is 0.171. The first-order chi connectivity index (χ1) is 9.78. The minimum atomic E-state index is 0.115. The number of hydrogen-bond donors (Lipinski definition) is 1. The van der Waals surface area contributed by atoms with Crippen LogP contribution < -0.4 is 14.8 Å². The van der Waals surface area contributed by atoms with Gasteiger partial charge >= 0.3 is 0 Å². The number of aromatic nitrogens is 2. The van der Waals surface area contributed by atoms with Gasteiger partial charge in [-0.1, -0.05) is 13.0 Å². The lowest BCUT2D eigenvalue weighted by atomic mass is 10.0. The summed E-state index contributed by atoms with van der Waals surface area (Å²) in [5, 5.41) is 7.74. The molecule has 5 heteroatoms. The maximum absolute atomic E-state index is 5.66. The van der Waals surface area contributed by atoms with Gasteiger partial charge in [-0.15, -0.1) is 0 Å². The summed E-state index contributed by atoms with van der Waals surface area (Å²) in [6.07, 6.45) is 3.92. The van der Waals surface area contributed by atoms with E-state index >= 15 is 0 Å². The summed E-state index contributed by atoms with van der Waals surface area (Å²) in [5.74, 6) is 1.64. The quantitative estimate of drug-likeness (QED) is 0.924. The van der Waals surface area contributed by atoms with Crippen molar-refractivity contribution in [2.75, 3.05) is 19.8 Å². The van der Waals surface area contributed by atoms with Crippen molar-refractivity contribution >= 4 is 0 Å². The Morgan fingerprint density at radius 1 is 1.25 bits per heavy atom. The number of benzene rings is 1. The average molecular weight is 273 g/mol. The highest BCUT2D eigenvalue weighted by Crippen LogP contribution is 2.34. The van der Waals surface area contributed by atoms with Crippen LogP contribution >= 0.6 is 0 Å². The van der Waals surface area contributed by atoms with Crippen LogP contribution in [0.3, 0.4) is 0 Å². The van der Waals surface area contributed by atoms with Crippen LogP contribution in [0.1, 0.15) is 24.1 Å². The standard InChI is InChI=1S/C15H19N3O2/c1-3-16-15(12-9-17-18(2)10-12)11-4-5-13-14(8-11)20-7-6-19-13/h4-5,8-10,15-16H,3,6-7H2,1-2H3. The Labute approximate surface area is 118 Å². The van der Waals surface area contributed by atoms with Gasteiger partial charge in [-0.05, 0) is 24.2 Å². The van der Waals surface area contributed by atoms with Crippen molar-refractivity contribution in [2.24, 2.45) is 7.05 Å². The summed E-state index contributed by atoms with van der Waals surface area (Å²) in [6.45, 7) is 4.20. The number of hydrogen-bond acceptors (Lipinski definition) is 4. The molecule has 0 bridgehead atoms. The minimum absolute atomic E-state index is 0.115. The molecule has 0 fully saturated rings. The van der Waals surface area contributed by atoms with E-state index in [2.05, 4.69) is 29.5 Å². The topological polar surface area (TPSA) is 48.3 Å². The molecule has 5 nitrogen and oxygen atoms in total. The average Bonchev–Trinajstić information content (AvgIpc) is 2.90. The van der Waals surface area contributed by atoms with Crippen LogP contribution in [0.2, 0.25) is 0 Å². The first kappa shape index (κ1) is 13.0. The Bertz CT molecular complexity index is 595. The van der Waals surface area contributed by atoms with Gasteiger partial charge in [0.05, 0.1) is 12.2 Å². The fourth-order valence-corrected chi connectivity index (χ4v) is 2.46. The maximum atomic E-state index is 5.66. The third-order valence-corrected chi connectivity index (χ3v) is 3.37. The predicted octanol–water partition coefficient (Wildman–Crippen LogP) is 1.89. The number of fused-ring (bicyclic) bond motifs is 1. The Hall–Kier alpha value is -2.01. The second kappa shape index (κ2) is 5.54. The fourth-order valence-electron chi connectivity index (χ4n) is 2.46. The zero-order valence-corrected chi connectivity index (χ0v) is 11.8. The molecule has 1 aliphatic heterocycles. The zero-order chi connectivity index (χ0) is 13.9. The van der Waals surface area contributed by atoms with E-state index < -0.39 is 0 Å². The molecular formula is C15H19N3O2. The van der Waals surface area contributed by atoms with Crippen LogP contribution in [-0.4, -0.2) is 29.5 Å². The summed E-state index contributed by atoms with van der Waals surface area (Å²) in [7, 11) is 1.93. The zero-order valence-electron chi connectivity index (χ0n) is 11.8. The Kier molecular flexibility index (Phi) is 3.60. The highest BCUT2D eigenvalue weighted by molar-refractivity contribution is 5.46. The highest BCUT2D eigenvalue weighted by Gasteiger charge is 2.18. The molecule has 106 valence electrons. The summed E-state index contributed by atoms with van der Waals surface area (Å²) < 4.78 is 13.0. The third kappa shape index (κ3) is 2.49. The largest absolute Gasteiger partial charge is 0.486 e. The molecule has 0 amide bonds. The Balaban J connectivity index is 1.95. The van der Waals surface area contributed by atoms with Crippen molar-refractivity contribution in [1.29, 1.82) is 0 Å². The number of rotatable bonds is 4. The predicted molar refractivity (Wildman–Crippen MR) is 76.2 cm³/mol. The van der Waals surface area contributed by atoms with E-state index in [9.17, 15) is 0 Å². The SMILES string of the molecule is CCNC(c1ccc2c(c1)OCCO2)c1cnn(C)c1. The van der Waals surface area contributed by atoms with Gasteiger partial charge in [0.25, 0.3) is 0 Å². The van der Waals surface area contributed by atoms with Crippen molar-refractivity contribution in [3.63, 3.8) is 0 Å². The fraction of sp³-hybridized carbons (Fsp3) is 0.400. The molecule has 0 radical (unpaired) electrons. The molecule has 2 aromatic rings. The van der Waals surface area contributed by atoms with Crippen molar-refractivity contribution < 1.29 is 9.47 Å². The van der Waals surface area contributed by atoms with E-state index in [-0.39, 0.29) is 6.04 Å². The van der Waals surface area contributed by atoms with Gasteiger partial charge in [0.15, 0.2) is 11.5 Å². The van der Waals surface area contributed by atoms with E-state index in [4.69, 9.17) is 9.47 Å². The molecule has 2 heterocycles. The van der Waals surface area contributed by atoms with Crippen LogP contribution in [0.15, 0.2) is 30.6 Å². The molecule has 1 aromatic heterocycles. The summed E-state index contributed by atoms with van der Waals surface area (Å²) in [5.41, 5.74) is 2.30. The number of nitrogens with one attached hydrogen (secondary N) is 1. The van der Waals surface area contributed by atoms with E-state index in [1.54, 1.807) is 0 Å². The monoisotopic (exact) mass is 273 g/mol. The van der Waals surface area contributed by atoms with Crippen LogP contribution in [0.4, 0.5) is 0 Å². The van der Waals surface area contributed by atoms with E-state index in [1.807, 2.05) is 30.2 Å². The second-order valence-electron chi connectivity index (χ2n) is 4.84. The smallest absolute Gasteiger partial charge is 0.161 e. The van der Waals surface area contributed by atoms with Crippen molar-refractivity contribution in [1.82, 2.24) is 15.1 Å². The van der Waals surface area contributed by atoms with Crippen LogP contribution in [-0.2, 0) is 7.05 Å². The third-order valence-electron chi connectivity index (χ3n) is 3.37. The van der Waals surface area contributed by atoms with Crippen molar-refractivity contribution in [2.45, 2.75) is 13.0 Å². The molecule has 3 rings (SSSR count). The number of ether oxygens (including phenoxy) is 2. The minimum Gasteiger partial charge on any atom is -0.486 e.